The van der Waals surface area contributed by atoms with Crippen molar-refractivity contribution in [3.63, 3.8) is 0 Å². The third-order valence-electron chi connectivity index (χ3n) is 1.88. The van der Waals surface area contributed by atoms with Crippen molar-refractivity contribution in [3.05, 3.63) is 48.1 Å². The molecular weight excluding hydrogens is 186 g/mol. The molecule has 78 valence electrons. The Kier molecular flexibility index (Phi) is 4.95. The van der Waals surface area contributed by atoms with Crippen LogP contribution in [0.5, 0.6) is 0 Å². The van der Waals surface area contributed by atoms with E-state index in [2.05, 4.69) is 12.2 Å². The van der Waals surface area contributed by atoms with Crippen LogP contribution in [0.4, 0.5) is 5.69 Å². The minimum Gasteiger partial charge on any atom is -0.385 e. The summed E-state index contributed by atoms with van der Waals surface area (Å²) in [5.74, 6) is 0. The predicted molar refractivity (Wildman–Crippen MR) is 64.8 cm³/mol. The Morgan fingerprint density at radius 3 is 2.47 bits per heavy atom. The molecule has 0 heterocycles. The van der Waals surface area contributed by atoms with Gasteiger partial charge in [0.05, 0.1) is 0 Å². The first-order chi connectivity index (χ1) is 7.36. The van der Waals surface area contributed by atoms with Gasteiger partial charge in [-0.3, -0.25) is 4.79 Å². The van der Waals surface area contributed by atoms with Crippen LogP contribution in [0.2, 0.25) is 0 Å². The molecule has 15 heavy (non-hydrogen) atoms. The van der Waals surface area contributed by atoms with Gasteiger partial charge in [-0.1, -0.05) is 30.4 Å². The SMILES string of the molecule is CCNc1ccc(C=CC=CC=O)cc1. The van der Waals surface area contributed by atoms with Crippen LogP contribution in [-0.4, -0.2) is 12.8 Å². The average Bonchev–Trinajstić information content (AvgIpc) is 2.27. The van der Waals surface area contributed by atoms with Gasteiger partial charge in [0.1, 0.15) is 6.29 Å². The molecule has 1 aromatic rings. The maximum Gasteiger partial charge on any atom is 0.142 e. The molecule has 1 rings (SSSR count). The number of anilines is 1. The lowest BCUT2D eigenvalue weighted by Crippen LogP contribution is -1.95. The molecular formula is C13H15NO. The number of hydrogen-bond donors (Lipinski definition) is 1. The molecule has 2 nitrogen and oxygen atoms in total. The third-order valence-corrected chi connectivity index (χ3v) is 1.88. The van der Waals surface area contributed by atoms with Crippen molar-refractivity contribution < 1.29 is 4.79 Å². The van der Waals surface area contributed by atoms with Crippen molar-refractivity contribution >= 4 is 18.0 Å². The van der Waals surface area contributed by atoms with Crippen molar-refractivity contribution in [2.24, 2.45) is 0 Å². The normalized spacial score (nSPS) is 11.0. The Morgan fingerprint density at radius 2 is 1.87 bits per heavy atom. The maximum atomic E-state index is 10.0. The second-order valence-electron chi connectivity index (χ2n) is 3.03. The van der Waals surface area contributed by atoms with Gasteiger partial charge in [0.25, 0.3) is 0 Å². The van der Waals surface area contributed by atoms with Crippen LogP contribution >= 0.6 is 0 Å². The molecule has 0 fully saturated rings. The highest BCUT2D eigenvalue weighted by atomic mass is 16.1. The van der Waals surface area contributed by atoms with Gasteiger partial charge in [-0.05, 0) is 30.7 Å². The molecule has 2 heteroatoms. The lowest BCUT2D eigenvalue weighted by molar-refractivity contribution is -0.104. The molecule has 0 bridgehead atoms. The molecule has 1 N–H and O–H groups in total. The first-order valence-electron chi connectivity index (χ1n) is 4.99. The average molecular weight is 201 g/mol. The van der Waals surface area contributed by atoms with Gasteiger partial charge in [0.15, 0.2) is 0 Å². The van der Waals surface area contributed by atoms with E-state index in [-0.39, 0.29) is 0 Å². The summed E-state index contributed by atoms with van der Waals surface area (Å²) in [6, 6.07) is 8.13. The Bertz CT molecular complexity index is 349. The van der Waals surface area contributed by atoms with E-state index in [4.69, 9.17) is 0 Å². The number of nitrogens with one attached hydrogen (secondary N) is 1. The summed E-state index contributed by atoms with van der Waals surface area (Å²) in [4.78, 5) is 10.0. The summed E-state index contributed by atoms with van der Waals surface area (Å²) in [5, 5.41) is 3.23. The van der Waals surface area contributed by atoms with Crippen LogP contribution in [0.1, 0.15) is 12.5 Å². The quantitative estimate of drug-likeness (QED) is 0.451. The first kappa shape index (κ1) is 11.2. The van der Waals surface area contributed by atoms with E-state index < -0.39 is 0 Å². The molecule has 0 radical (unpaired) electrons. The minimum atomic E-state index is 0.763. The summed E-state index contributed by atoms with van der Waals surface area (Å²) in [7, 11) is 0. The standard InChI is InChI=1S/C13H15NO/c1-2-14-13-9-7-12(8-10-13)6-4-3-5-11-15/h3-11,14H,2H2,1H3. The Labute approximate surface area is 90.3 Å². The minimum absolute atomic E-state index is 0.763. The first-order valence-corrected chi connectivity index (χ1v) is 4.99. The molecule has 0 aliphatic carbocycles. The highest BCUT2D eigenvalue weighted by molar-refractivity contribution is 5.66. The fourth-order valence-electron chi connectivity index (χ4n) is 1.19. The van der Waals surface area contributed by atoms with Crippen molar-refractivity contribution in [3.8, 4) is 0 Å². The highest BCUT2D eigenvalue weighted by Crippen LogP contribution is 2.10. The van der Waals surface area contributed by atoms with Gasteiger partial charge in [-0.25, -0.2) is 0 Å². The van der Waals surface area contributed by atoms with Crippen LogP contribution < -0.4 is 5.32 Å². The van der Waals surface area contributed by atoms with Crippen LogP contribution in [0.3, 0.4) is 0 Å². The lowest BCUT2D eigenvalue weighted by Gasteiger charge is -2.02. The topological polar surface area (TPSA) is 29.1 Å². The number of allylic oxidation sites excluding steroid dienone is 3. The Balaban J connectivity index is 2.59. The van der Waals surface area contributed by atoms with E-state index in [0.29, 0.717) is 0 Å². The lowest BCUT2D eigenvalue weighted by atomic mass is 10.2. The molecule has 1 aromatic carbocycles. The fraction of sp³-hybridized carbons (Fsp3) is 0.154. The summed E-state index contributed by atoms with van der Waals surface area (Å²) in [6.07, 6.45) is 7.74. The zero-order valence-corrected chi connectivity index (χ0v) is 8.81. The van der Waals surface area contributed by atoms with Gasteiger partial charge >= 0.3 is 0 Å². The van der Waals surface area contributed by atoms with Crippen molar-refractivity contribution in [1.29, 1.82) is 0 Å². The molecule has 0 aliphatic heterocycles. The van der Waals surface area contributed by atoms with Gasteiger partial charge in [0.2, 0.25) is 0 Å². The smallest absolute Gasteiger partial charge is 0.142 e. The van der Waals surface area contributed by atoms with Gasteiger partial charge in [-0.2, -0.15) is 0 Å². The number of rotatable bonds is 5. The van der Waals surface area contributed by atoms with E-state index in [1.165, 1.54) is 6.08 Å². The van der Waals surface area contributed by atoms with Crippen LogP contribution in [0.15, 0.2) is 42.5 Å². The van der Waals surface area contributed by atoms with Crippen molar-refractivity contribution in [2.75, 3.05) is 11.9 Å². The third kappa shape index (κ3) is 4.27. The number of benzene rings is 1. The van der Waals surface area contributed by atoms with E-state index in [1.807, 2.05) is 36.4 Å². The highest BCUT2D eigenvalue weighted by Gasteiger charge is 1.88. The number of carbonyl (C=O) groups is 1. The number of hydrogen-bond acceptors (Lipinski definition) is 2. The molecule has 0 aromatic heterocycles. The van der Waals surface area contributed by atoms with Gasteiger partial charge in [-0.15, -0.1) is 0 Å². The molecule has 0 unspecified atom stereocenters. The Hall–Kier alpha value is -1.83. The molecule has 0 aliphatic rings. The second-order valence-corrected chi connectivity index (χ2v) is 3.03. The molecule has 0 atom stereocenters. The van der Waals surface area contributed by atoms with Crippen LogP contribution in [0, 0.1) is 0 Å². The molecule has 0 amide bonds. The maximum absolute atomic E-state index is 10.0. The predicted octanol–water partition coefficient (Wildman–Crippen LogP) is 2.89. The number of carbonyl (C=O) groups excluding carboxylic acids is 1. The van der Waals surface area contributed by atoms with Gasteiger partial charge < -0.3 is 5.32 Å². The molecule has 0 saturated heterocycles. The van der Waals surface area contributed by atoms with Crippen LogP contribution in [-0.2, 0) is 4.79 Å². The monoisotopic (exact) mass is 201 g/mol. The molecule has 0 saturated carbocycles. The van der Waals surface area contributed by atoms with E-state index >= 15 is 0 Å². The van der Waals surface area contributed by atoms with E-state index in [0.717, 1.165) is 24.1 Å². The fourth-order valence-corrected chi connectivity index (χ4v) is 1.19. The molecule has 0 spiro atoms. The zero-order valence-electron chi connectivity index (χ0n) is 8.81. The number of aldehydes is 1. The summed E-state index contributed by atoms with van der Waals surface area (Å²) >= 11 is 0. The van der Waals surface area contributed by atoms with E-state index in [1.54, 1.807) is 6.08 Å². The van der Waals surface area contributed by atoms with Crippen molar-refractivity contribution in [1.82, 2.24) is 0 Å². The summed E-state index contributed by atoms with van der Waals surface area (Å²) in [5.41, 5.74) is 2.24. The summed E-state index contributed by atoms with van der Waals surface area (Å²) < 4.78 is 0. The van der Waals surface area contributed by atoms with E-state index in [9.17, 15) is 4.79 Å². The van der Waals surface area contributed by atoms with Crippen LogP contribution in [0.25, 0.3) is 6.08 Å². The largest absolute Gasteiger partial charge is 0.385 e. The zero-order chi connectivity index (χ0) is 10.9. The summed E-state index contributed by atoms with van der Waals surface area (Å²) in [6.45, 7) is 3.00. The second kappa shape index (κ2) is 6.60. The Morgan fingerprint density at radius 1 is 1.13 bits per heavy atom. The van der Waals surface area contributed by atoms with Gasteiger partial charge in [0, 0.05) is 12.2 Å². The van der Waals surface area contributed by atoms with Crippen molar-refractivity contribution in [2.45, 2.75) is 6.92 Å².